The molecule has 2 aliphatic heterocycles. The molecule has 0 amide bonds. The summed E-state index contributed by atoms with van der Waals surface area (Å²) in [4.78, 5) is 5.05. The van der Waals surface area contributed by atoms with Crippen molar-refractivity contribution in [3.63, 3.8) is 0 Å². The standard InChI is InChI=1S/C29H38N2O2/c1-4-5-6-22(2)21-33-28-13-8-23(9-14-28)7-11-26-12-10-25-19-31(16-15-29(25)30(26)3)27-17-24(18-27)20-32/h4-14,24,27,29,32H,15-21H2,1-3H3/b5-4-,11-7?,22-6+. The van der Waals surface area contributed by atoms with Gasteiger partial charge in [0.05, 0.1) is 6.04 Å². The summed E-state index contributed by atoms with van der Waals surface area (Å²) in [6.07, 6.45) is 18.6. The molecular formula is C29H38N2O2. The maximum absolute atomic E-state index is 9.31. The van der Waals surface area contributed by atoms with E-state index >= 15 is 0 Å². The van der Waals surface area contributed by atoms with Gasteiger partial charge in [0.25, 0.3) is 0 Å². The lowest BCUT2D eigenvalue weighted by molar-refractivity contribution is 0.0358. The third-order valence-corrected chi connectivity index (χ3v) is 7.20. The van der Waals surface area contributed by atoms with Crippen LogP contribution >= 0.6 is 0 Å². The highest BCUT2D eigenvalue weighted by atomic mass is 16.5. The molecule has 1 N–H and O–H groups in total. The van der Waals surface area contributed by atoms with Gasteiger partial charge in [-0.05, 0) is 80.0 Å². The maximum atomic E-state index is 9.31. The van der Waals surface area contributed by atoms with Crippen LogP contribution in [0.3, 0.4) is 0 Å². The molecule has 2 heterocycles. The summed E-state index contributed by atoms with van der Waals surface area (Å²) in [7, 11) is 2.22. The van der Waals surface area contributed by atoms with E-state index in [4.69, 9.17) is 4.74 Å². The number of aliphatic hydroxyl groups is 1. The van der Waals surface area contributed by atoms with Gasteiger partial charge in [-0.15, -0.1) is 0 Å². The first-order valence-corrected chi connectivity index (χ1v) is 12.2. The maximum Gasteiger partial charge on any atom is 0.119 e. The van der Waals surface area contributed by atoms with E-state index in [1.807, 2.05) is 31.2 Å². The van der Waals surface area contributed by atoms with E-state index in [1.165, 1.54) is 28.8 Å². The van der Waals surface area contributed by atoms with Crippen LogP contribution in [0.15, 0.2) is 77.6 Å². The molecule has 1 aromatic rings. The van der Waals surface area contributed by atoms with Crippen LogP contribution in [0.25, 0.3) is 6.08 Å². The molecular weight excluding hydrogens is 408 g/mol. The molecule has 2 fully saturated rings. The van der Waals surface area contributed by atoms with Crippen molar-refractivity contribution in [1.29, 1.82) is 0 Å². The van der Waals surface area contributed by atoms with Gasteiger partial charge >= 0.3 is 0 Å². The second-order valence-electron chi connectivity index (χ2n) is 9.62. The second kappa shape index (κ2) is 11.0. The Labute approximate surface area is 199 Å². The van der Waals surface area contributed by atoms with Gasteiger partial charge < -0.3 is 14.7 Å². The molecule has 1 atom stereocenters. The fourth-order valence-corrected chi connectivity index (χ4v) is 4.98. The fourth-order valence-electron chi connectivity index (χ4n) is 4.98. The van der Waals surface area contributed by atoms with Crippen LogP contribution in [0.1, 0.15) is 38.7 Å². The molecule has 0 spiro atoms. The molecule has 1 saturated heterocycles. The monoisotopic (exact) mass is 446 g/mol. The van der Waals surface area contributed by atoms with E-state index in [9.17, 15) is 5.11 Å². The molecule has 4 nitrogen and oxygen atoms in total. The summed E-state index contributed by atoms with van der Waals surface area (Å²) in [5.41, 5.74) is 5.15. The first kappa shape index (κ1) is 23.6. The van der Waals surface area contributed by atoms with Gasteiger partial charge in [0.15, 0.2) is 0 Å². The van der Waals surface area contributed by atoms with Crippen molar-refractivity contribution in [3.8, 4) is 5.75 Å². The number of aliphatic hydroxyl groups excluding tert-OH is 1. The van der Waals surface area contributed by atoms with Crippen LogP contribution in [0.2, 0.25) is 0 Å². The molecule has 176 valence electrons. The Kier molecular flexibility index (Phi) is 7.89. The van der Waals surface area contributed by atoms with Crippen molar-refractivity contribution in [1.82, 2.24) is 9.80 Å². The number of fused-ring (bicyclic) bond motifs is 1. The highest BCUT2D eigenvalue weighted by Crippen LogP contribution is 2.36. The summed E-state index contributed by atoms with van der Waals surface area (Å²) in [5.74, 6) is 1.42. The molecule has 1 aromatic carbocycles. The zero-order valence-corrected chi connectivity index (χ0v) is 20.3. The Morgan fingerprint density at radius 2 is 1.94 bits per heavy atom. The summed E-state index contributed by atoms with van der Waals surface area (Å²) in [6, 6.07) is 9.46. The quantitative estimate of drug-likeness (QED) is 0.557. The summed E-state index contributed by atoms with van der Waals surface area (Å²) >= 11 is 0. The van der Waals surface area contributed by atoms with Gasteiger partial charge in [0, 0.05) is 38.5 Å². The number of ether oxygens (including phenoxy) is 1. The smallest absolute Gasteiger partial charge is 0.119 e. The van der Waals surface area contributed by atoms with Crippen molar-refractivity contribution in [2.45, 2.75) is 45.2 Å². The highest BCUT2D eigenvalue weighted by Gasteiger charge is 2.37. The number of allylic oxidation sites excluding steroid dienone is 6. The zero-order chi connectivity index (χ0) is 23.2. The summed E-state index contributed by atoms with van der Waals surface area (Å²) < 4.78 is 5.87. The van der Waals surface area contributed by atoms with E-state index < -0.39 is 0 Å². The Morgan fingerprint density at radius 1 is 1.15 bits per heavy atom. The molecule has 1 aliphatic carbocycles. The van der Waals surface area contributed by atoms with E-state index in [0.29, 0.717) is 31.2 Å². The molecule has 4 rings (SSSR count). The number of likely N-dealkylation sites (N-methyl/N-ethyl adjacent to an activating group) is 1. The molecule has 3 aliphatic rings. The van der Waals surface area contributed by atoms with Crippen LogP contribution in [0.4, 0.5) is 0 Å². The van der Waals surface area contributed by atoms with Gasteiger partial charge in [-0.3, -0.25) is 4.90 Å². The number of likely N-dealkylation sites (tertiary alicyclic amines) is 1. The minimum absolute atomic E-state index is 0.348. The number of piperidine rings is 1. The van der Waals surface area contributed by atoms with Gasteiger partial charge in [-0.1, -0.05) is 42.5 Å². The first-order chi connectivity index (χ1) is 16.1. The Bertz CT molecular complexity index is 948. The number of hydrogen-bond acceptors (Lipinski definition) is 4. The Balaban J connectivity index is 1.33. The van der Waals surface area contributed by atoms with Crippen LogP contribution in [0.5, 0.6) is 5.75 Å². The minimum atomic E-state index is 0.348. The van der Waals surface area contributed by atoms with Gasteiger partial charge in [0.2, 0.25) is 0 Å². The van der Waals surface area contributed by atoms with Gasteiger partial charge in [0.1, 0.15) is 12.4 Å². The van der Waals surface area contributed by atoms with Crippen LogP contribution in [-0.4, -0.2) is 60.3 Å². The molecule has 1 saturated carbocycles. The topological polar surface area (TPSA) is 35.9 Å². The lowest BCUT2D eigenvalue weighted by atomic mass is 9.78. The number of rotatable bonds is 8. The Morgan fingerprint density at radius 3 is 2.67 bits per heavy atom. The van der Waals surface area contributed by atoms with Gasteiger partial charge in [-0.2, -0.15) is 0 Å². The van der Waals surface area contributed by atoms with Crippen molar-refractivity contribution >= 4 is 6.08 Å². The summed E-state index contributed by atoms with van der Waals surface area (Å²) in [5, 5.41) is 9.31. The van der Waals surface area contributed by atoms with Gasteiger partial charge in [-0.25, -0.2) is 0 Å². The normalized spacial score (nSPS) is 26.2. The van der Waals surface area contributed by atoms with E-state index in [0.717, 1.165) is 31.7 Å². The first-order valence-electron chi connectivity index (χ1n) is 12.2. The van der Waals surface area contributed by atoms with E-state index in [1.54, 1.807) is 0 Å². The third kappa shape index (κ3) is 5.87. The lowest BCUT2D eigenvalue weighted by Crippen LogP contribution is -2.53. The minimum Gasteiger partial charge on any atom is -0.489 e. The van der Waals surface area contributed by atoms with Crippen molar-refractivity contribution in [3.05, 3.63) is 83.1 Å². The zero-order valence-electron chi connectivity index (χ0n) is 20.3. The van der Waals surface area contributed by atoms with Crippen molar-refractivity contribution in [2.24, 2.45) is 5.92 Å². The average molecular weight is 447 g/mol. The number of hydrogen-bond donors (Lipinski definition) is 1. The third-order valence-electron chi connectivity index (χ3n) is 7.20. The fraction of sp³-hybridized carbons (Fsp3) is 0.448. The van der Waals surface area contributed by atoms with E-state index in [2.05, 4.69) is 66.3 Å². The number of nitrogens with zero attached hydrogens (tertiary/aromatic N) is 2. The molecule has 0 aromatic heterocycles. The number of benzene rings is 1. The Hall–Kier alpha value is -2.56. The summed E-state index contributed by atoms with van der Waals surface area (Å²) in [6.45, 7) is 7.26. The predicted octanol–water partition coefficient (Wildman–Crippen LogP) is 5.20. The molecule has 0 radical (unpaired) electrons. The molecule has 0 bridgehead atoms. The molecule has 1 unspecified atom stereocenters. The SMILES string of the molecule is C/C=C\C=C(/C)COc1ccc(C=CC2=CC=C3CN(C4CC(CO)C4)CCC3N2C)cc1. The van der Waals surface area contributed by atoms with Crippen LogP contribution in [-0.2, 0) is 0 Å². The van der Waals surface area contributed by atoms with Crippen molar-refractivity contribution < 1.29 is 9.84 Å². The van der Waals surface area contributed by atoms with Crippen molar-refractivity contribution in [2.75, 3.05) is 33.4 Å². The molecule has 33 heavy (non-hydrogen) atoms. The van der Waals surface area contributed by atoms with Crippen LogP contribution < -0.4 is 4.74 Å². The largest absolute Gasteiger partial charge is 0.489 e. The average Bonchev–Trinajstić information content (AvgIpc) is 2.81. The highest BCUT2D eigenvalue weighted by molar-refractivity contribution is 5.55. The van der Waals surface area contributed by atoms with Crippen LogP contribution in [0, 0.1) is 5.92 Å². The lowest BCUT2D eigenvalue weighted by Gasteiger charge is -2.48. The predicted molar refractivity (Wildman–Crippen MR) is 137 cm³/mol. The van der Waals surface area contributed by atoms with E-state index in [-0.39, 0.29) is 0 Å². The molecule has 4 heteroatoms. The second-order valence-corrected chi connectivity index (χ2v) is 9.62.